The van der Waals surface area contributed by atoms with Gasteiger partial charge in [0.05, 0.1) is 0 Å². The summed E-state index contributed by atoms with van der Waals surface area (Å²) in [5.41, 5.74) is -6.58. The van der Waals surface area contributed by atoms with Gasteiger partial charge in [0.1, 0.15) is 24.1 Å². The van der Waals surface area contributed by atoms with E-state index in [1.807, 2.05) is 0 Å². The number of halogens is 11. The quantitative estimate of drug-likeness (QED) is 0.128. The molecular formula is C31H36BBrF9IN10NaO6S. The van der Waals surface area contributed by atoms with Gasteiger partial charge in [0.25, 0.3) is 16.7 Å². The fourth-order valence-electron chi connectivity index (χ4n) is 4.90. The molecule has 6 heterocycles. The topological polar surface area (TPSA) is 187 Å². The number of anilines is 3. The molecule has 0 aromatic carbocycles. The summed E-state index contributed by atoms with van der Waals surface area (Å²) in [6.45, 7) is 10.00. The first-order valence-electron chi connectivity index (χ1n) is 16.3. The van der Waals surface area contributed by atoms with Crippen molar-refractivity contribution in [2.75, 3.05) is 15.1 Å². The molecule has 1 N–H and O–H groups in total. The molecule has 3 aliphatic heterocycles. The minimum atomic E-state index is -4.76. The van der Waals surface area contributed by atoms with Gasteiger partial charge in [-0.15, -0.1) is 0 Å². The van der Waals surface area contributed by atoms with Crippen molar-refractivity contribution in [3.05, 3.63) is 64.7 Å². The summed E-state index contributed by atoms with van der Waals surface area (Å²) in [7, 11) is 4.34. The Labute approximate surface area is 392 Å². The number of hydrogen-bond acceptors (Lipinski definition) is 11. The number of hydrogen-bond donors (Lipinski definition) is 2. The van der Waals surface area contributed by atoms with Crippen LogP contribution in [-0.4, -0.2) is 70.0 Å². The van der Waals surface area contributed by atoms with Crippen LogP contribution >= 0.6 is 51.3 Å². The van der Waals surface area contributed by atoms with E-state index in [0.717, 1.165) is 27.4 Å². The van der Waals surface area contributed by atoms with E-state index in [1.165, 1.54) is 0 Å². The molecule has 30 heteroatoms. The van der Waals surface area contributed by atoms with Crippen LogP contribution in [0.5, 0.6) is 0 Å². The first kappa shape index (κ1) is 57.8. The molecule has 3 aromatic rings. The smallest absolute Gasteiger partial charge is 1.00 e. The van der Waals surface area contributed by atoms with E-state index in [1.54, 1.807) is 27.7 Å². The van der Waals surface area contributed by atoms with Crippen molar-refractivity contribution in [2.45, 2.75) is 103 Å². The Morgan fingerprint density at radius 2 is 1.11 bits per heavy atom. The number of nitrogens with one attached hydrogen (secondary N) is 1. The zero-order valence-corrected chi connectivity index (χ0v) is 38.8. The zero-order valence-electron chi connectivity index (χ0n) is 33.2. The predicted molar refractivity (Wildman–Crippen MR) is 216 cm³/mol. The van der Waals surface area contributed by atoms with Gasteiger partial charge in [-0.1, -0.05) is 43.9 Å². The van der Waals surface area contributed by atoms with Crippen molar-refractivity contribution in [1.82, 2.24) is 28.7 Å². The molecule has 0 saturated heterocycles. The summed E-state index contributed by atoms with van der Waals surface area (Å²) in [5, 5.41) is 2.06. The van der Waals surface area contributed by atoms with Gasteiger partial charge in [0.15, 0.2) is 17.1 Å². The van der Waals surface area contributed by atoms with Crippen molar-refractivity contribution in [3.63, 3.8) is 0 Å². The van der Waals surface area contributed by atoms with Crippen LogP contribution in [0, 0.1) is 0 Å². The molecule has 0 fully saturated rings. The molecule has 3 amide bonds. The maximum absolute atomic E-state index is 12.8. The Morgan fingerprint density at radius 1 is 0.738 bits per heavy atom. The minimum Gasteiger partial charge on any atom is -1.00 e. The van der Waals surface area contributed by atoms with Gasteiger partial charge in [0.2, 0.25) is 35.6 Å². The fraction of sp³-hybridized carbons (Fsp3) is 0.516. The average molecular weight is 1090 g/mol. The van der Waals surface area contributed by atoms with Crippen LogP contribution in [0.25, 0.3) is 0 Å². The maximum Gasteiger partial charge on any atom is 1.00 e. The number of alkyl halides is 10. The average Bonchev–Trinajstić information content (AvgIpc) is 3.73. The normalized spacial score (nSPS) is 13.8. The number of rotatable bonds is 2. The van der Waals surface area contributed by atoms with Gasteiger partial charge in [-0.3, -0.25) is 57.6 Å². The summed E-state index contributed by atoms with van der Waals surface area (Å²) < 4.78 is 118. The summed E-state index contributed by atoms with van der Waals surface area (Å²) in [6, 6.07) is 0.0294. The number of amides is 3. The molecule has 1 radical (unpaired) electrons. The molecule has 0 unspecified atom stereocenters. The molecule has 3 aliphatic rings. The molecule has 61 heavy (non-hydrogen) atoms. The van der Waals surface area contributed by atoms with Crippen LogP contribution in [0.3, 0.4) is 0 Å². The third-order valence-corrected chi connectivity index (χ3v) is 7.80. The standard InChI is InChI=1S/C10H9BrF3N3O2.C10H10F3N3O2.C7H4F3N3O2.C3H7I.CH4.BHNS.Na.H/c1-4(2)17-5(18)3-16-8(19)6(11)7(10(12,13)14)15-9(16)17;1-5(2)16-8(18)4-15-7(17)3-6(10(11,12)13)14-9(15)16;8-7(9,10)3-1-5(15)13-2-4(14)12-6(13)11-3;1-3(2)4;;1-2-3;;/h4H,3H2,1-2H3;3,5H,4H2,1-2H3;1H,2H2,(H,11,12,14);3H,1-2H3;1H4;3H;;/q;;;;;;+1;-1. The van der Waals surface area contributed by atoms with Crippen LogP contribution in [0.2, 0.25) is 0 Å². The molecule has 0 aliphatic carbocycles. The Balaban J connectivity index is 0. The van der Waals surface area contributed by atoms with E-state index < -0.39 is 74.5 Å². The molecule has 3 aromatic heterocycles. The molecule has 16 nitrogen and oxygen atoms in total. The van der Waals surface area contributed by atoms with Crippen LogP contribution < -0.4 is 61.4 Å². The third-order valence-electron chi connectivity index (χ3n) is 7.08. The first-order chi connectivity index (χ1) is 26.9. The summed E-state index contributed by atoms with van der Waals surface area (Å²) in [4.78, 5) is 80.8. The number of fused-ring (bicyclic) bond motifs is 3. The van der Waals surface area contributed by atoms with Crippen LogP contribution in [-0.2, 0) is 52.5 Å². The van der Waals surface area contributed by atoms with Crippen LogP contribution in [0.15, 0.2) is 35.3 Å². The monoisotopic (exact) mass is 1090 g/mol. The van der Waals surface area contributed by atoms with E-state index in [-0.39, 0.29) is 88.0 Å². The van der Waals surface area contributed by atoms with Gasteiger partial charge >= 0.3 is 72.8 Å². The number of carbonyl (C=O) groups excluding carboxylic acids is 3. The largest absolute Gasteiger partial charge is 1.00 e. The Morgan fingerprint density at radius 3 is 1.51 bits per heavy atom. The predicted octanol–water partition coefficient (Wildman–Crippen LogP) is 2.78. The van der Waals surface area contributed by atoms with Crippen molar-refractivity contribution >= 4 is 94.5 Å². The molecule has 0 saturated carbocycles. The van der Waals surface area contributed by atoms with E-state index in [9.17, 15) is 68.3 Å². The Hall–Kier alpha value is -3.16. The molecule has 333 valence electrons. The Bertz CT molecular complexity index is 2280. The molecule has 6 rings (SSSR count). The molecule has 0 bridgehead atoms. The molecule has 0 spiro atoms. The second-order valence-electron chi connectivity index (χ2n) is 12.6. The van der Waals surface area contributed by atoms with E-state index in [0.29, 0.717) is 12.1 Å². The number of nitrogens with zero attached hydrogens (tertiary/aromatic N) is 9. The zero-order chi connectivity index (χ0) is 45.7. The van der Waals surface area contributed by atoms with Gasteiger partial charge in [-0.25, -0.2) is 15.0 Å². The van der Waals surface area contributed by atoms with Crippen molar-refractivity contribution in [1.29, 1.82) is 0 Å². The van der Waals surface area contributed by atoms with Crippen LogP contribution in [0.1, 0.15) is 67.5 Å². The van der Waals surface area contributed by atoms with Gasteiger partial charge in [-0.05, 0) is 43.6 Å². The van der Waals surface area contributed by atoms with E-state index >= 15 is 0 Å². The SMILES string of the molecule is C.CC(C)I.CC(C)N1C(=O)Cn2c1nc(C(F)(F)F)c(Br)c2=O.CC(C)N1C(=O)Cn2c1nc(C(F)(F)F)cc2=O.O=C1Cn2c(nc(C(F)(F)F)cc2=O)N1.[B]=NS.[H-].[Na+]. The number of aromatic nitrogens is 6. The van der Waals surface area contributed by atoms with Gasteiger partial charge in [-0.2, -0.15) is 39.5 Å². The van der Waals surface area contributed by atoms with Gasteiger partial charge < -0.3 is 1.43 Å². The fourth-order valence-corrected chi connectivity index (χ4v) is 5.42. The van der Waals surface area contributed by atoms with Gasteiger partial charge in [0, 0.05) is 28.1 Å². The Kier molecular flexibility index (Phi) is 21.8. The van der Waals surface area contributed by atoms with E-state index in [2.05, 4.69) is 97.4 Å². The second kappa shape index (κ2) is 23.0. The summed E-state index contributed by atoms with van der Waals surface area (Å²) in [6.07, 6.45) is -14.2. The third kappa shape index (κ3) is 15.0. The number of thiol groups is 1. The first-order valence-corrected chi connectivity index (χ1v) is 18.7. The minimum absolute atomic E-state index is 0. The van der Waals surface area contributed by atoms with Crippen LogP contribution in [0.4, 0.5) is 57.4 Å². The van der Waals surface area contributed by atoms with Crippen molar-refractivity contribution < 1.29 is 84.9 Å². The molecule has 0 atom stereocenters. The summed E-state index contributed by atoms with van der Waals surface area (Å²) in [5.74, 6) is -2.31. The second-order valence-corrected chi connectivity index (χ2v) is 16.1. The summed E-state index contributed by atoms with van der Waals surface area (Å²) >= 11 is 8.14. The van der Waals surface area contributed by atoms with Crippen molar-refractivity contribution in [3.8, 4) is 0 Å². The van der Waals surface area contributed by atoms with Crippen molar-refractivity contribution in [2.24, 2.45) is 4.30 Å². The van der Waals surface area contributed by atoms with E-state index in [4.69, 9.17) is 0 Å². The number of carbonyl (C=O) groups is 3. The molecular weight excluding hydrogens is 1050 g/mol. The maximum atomic E-state index is 12.8.